The summed E-state index contributed by atoms with van der Waals surface area (Å²) in [5.74, 6) is 0. The molecule has 1 aliphatic heterocycles. The zero-order chi connectivity index (χ0) is 16.7. The Bertz CT molecular complexity index is 580. The van der Waals surface area contributed by atoms with Crippen molar-refractivity contribution in [1.82, 2.24) is 5.32 Å². The normalized spacial score (nSPS) is 23.8. The van der Waals surface area contributed by atoms with Gasteiger partial charge in [0, 0.05) is 18.2 Å². The summed E-state index contributed by atoms with van der Waals surface area (Å²) in [6.07, 6.45) is 2.33. The van der Waals surface area contributed by atoms with Gasteiger partial charge in [-0.25, -0.2) is 4.39 Å². The lowest BCUT2D eigenvalue weighted by Crippen LogP contribution is -2.41. The number of nitrogens with one attached hydrogen (secondary N) is 1. The first-order chi connectivity index (χ1) is 10.8. The van der Waals surface area contributed by atoms with E-state index >= 15 is 4.39 Å². The largest absolute Gasteiger partial charge is 0.525 e. The molecule has 1 aromatic carbocycles. The van der Waals surface area contributed by atoms with Gasteiger partial charge in [0.2, 0.25) is 0 Å². The van der Waals surface area contributed by atoms with Gasteiger partial charge in [0.1, 0.15) is 5.73 Å². The van der Waals surface area contributed by atoms with E-state index in [9.17, 15) is 0 Å². The Morgan fingerprint density at radius 2 is 1.70 bits per heavy atom. The number of halogens is 1. The maximum absolute atomic E-state index is 15.2. The lowest BCUT2D eigenvalue weighted by Gasteiger charge is -2.32. The van der Waals surface area contributed by atoms with Crippen molar-refractivity contribution in [1.29, 1.82) is 0 Å². The highest BCUT2D eigenvalue weighted by molar-refractivity contribution is 6.55. The van der Waals surface area contributed by atoms with Crippen LogP contribution in [0.25, 0.3) is 5.57 Å². The molecule has 1 saturated heterocycles. The average molecular weight is 317 g/mol. The van der Waals surface area contributed by atoms with Crippen LogP contribution >= 0.6 is 0 Å². The summed E-state index contributed by atoms with van der Waals surface area (Å²) in [7, 11) is -0.948. The highest BCUT2D eigenvalue weighted by Crippen LogP contribution is 2.40. The van der Waals surface area contributed by atoms with Crippen LogP contribution in [0.1, 0.15) is 46.1 Å². The summed E-state index contributed by atoms with van der Waals surface area (Å²) in [5, 5.41) is 3.39. The third-order valence-electron chi connectivity index (χ3n) is 5.02. The molecule has 3 nitrogen and oxygen atoms in total. The van der Waals surface area contributed by atoms with Crippen LogP contribution in [-0.4, -0.2) is 30.9 Å². The molecule has 0 aromatic heterocycles. The summed E-state index contributed by atoms with van der Waals surface area (Å²) in [6.45, 7) is 8.23. The summed E-state index contributed by atoms with van der Waals surface area (Å²) in [6, 6.07) is 10.1. The molecule has 1 saturated carbocycles. The molecule has 124 valence electrons. The third kappa shape index (κ3) is 3.52. The van der Waals surface area contributed by atoms with Gasteiger partial charge in [-0.1, -0.05) is 30.3 Å². The Balaban J connectivity index is 1.88. The number of hydrogen-bond donors (Lipinski definition) is 1. The van der Waals surface area contributed by atoms with Crippen LogP contribution in [0.5, 0.6) is 0 Å². The van der Waals surface area contributed by atoms with E-state index < -0.39 is 18.3 Å². The summed E-state index contributed by atoms with van der Waals surface area (Å²) < 4.78 is 26.9. The minimum absolute atomic E-state index is 0.331. The van der Waals surface area contributed by atoms with E-state index in [-0.39, 0.29) is 5.73 Å². The lowest BCUT2D eigenvalue weighted by molar-refractivity contribution is 0.00578. The quantitative estimate of drug-likeness (QED) is 0.839. The molecule has 1 heterocycles. The Kier molecular flexibility index (Phi) is 4.38. The van der Waals surface area contributed by atoms with Crippen LogP contribution < -0.4 is 5.32 Å². The molecule has 23 heavy (non-hydrogen) atoms. The van der Waals surface area contributed by atoms with E-state index in [1.54, 1.807) is 0 Å². The van der Waals surface area contributed by atoms with Crippen LogP contribution in [-0.2, 0) is 9.31 Å². The van der Waals surface area contributed by atoms with Gasteiger partial charge >= 0.3 is 7.12 Å². The number of hydrogen-bond acceptors (Lipinski definition) is 3. The van der Waals surface area contributed by atoms with Gasteiger partial charge in [0.05, 0.1) is 11.2 Å². The Hall–Kier alpha value is -1.17. The predicted molar refractivity (Wildman–Crippen MR) is 91.6 cm³/mol. The molecule has 2 fully saturated rings. The van der Waals surface area contributed by atoms with E-state index in [0.717, 1.165) is 5.56 Å². The van der Waals surface area contributed by atoms with Crippen molar-refractivity contribution >= 4 is 12.7 Å². The van der Waals surface area contributed by atoms with Crippen molar-refractivity contribution in [3.8, 4) is 0 Å². The lowest BCUT2D eigenvalue weighted by atomic mass is 9.82. The first-order valence-electron chi connectivity index (χ1n) is 8.33. The highest BCUT2D eigenvalue weighted by atomic mass is 19.1. The first kappa shape index (κ1) is 16.7. The van der Waals surface area contributed by atoms with Crippen LogP contribution in [0.4, 0.5) is 4.39 Å². The van der Waals surface area contributed by atoms with Crippen LogP contribution in [0, 0.1) is 0 Å². The van der Waals surface area contributed by atoms with Gasteiger partial charge in [0.15, 0.2) is 0 Å². The van der Waals surface area contributed by atoms with Crippen molar-refractivity contribution in [3.63, 3.8) is 0 Å². The molecular weight excluding hydrogens is 292 g/mol. The van der Waals surface area contributed by atoms with Crippen molar-refractivity contribution in [2.75, 3.05) is 6.54 Å². The van der Waals surface area contributed by atoms with E-state index in [1.165, 1.54) is 12.8 Å². The fourth-order valence-corrected chi connectivity index (χ4v) is 2.59. The molecule has 0 amide bonds. The summed E-state index contributed by atoms with van der Waals surface area (Å²) in [5.41, 5.74) is 0.0772. The van der Waals surface area contributed by atoms with E-state index in [4.69, 9.17) is 9.31 Å². The zero-order valence-electron chi connectivity index (χ0n) is 14.4. The van der Waals surface area contributed by atoms with Crippen molar-refractivity contribution in [3.05, 3.63) is 41.6 Å². The topological polar surface area (TPSA) is 30.5 Å². The second-order valence-electron chi connectivity index (χ2n) is 7.44. The zero-order valence-corrected chi connectivity index (χ0v) is 14.4. The Morgan fingerprint density at radius 1 is 1.13 bits per heavy atom. The molecule has 3 rings (SSSR count). The molecule has 0 bridgehead atoms. The fourth-order valence-electron chi connectivity index (χ4n) is 2.59. The SMILES string of the molecule is CC1(C)OB(C(F)=C(CNC2CC2)c2ccccc2)OC1(C)C. The number of rotatable bonds is 5. The average Bonchev–Trinajstić information content (AvgIpc) is 3.27. The van der Waals surface area contributed by atoms with Crippen molar-refractivity contribution < 1.29 is 13.7 Å². The molecule has 1 aromatic rings. The minimum atomic E-state index is -0.948. The van der Waals surface area contributed by atoms with E-state index in [0.29, 0.717) is 18.2 Å². The monoisotopic (exact) mass is 317 g/mol. The van der Waals surface area contributed by atoms with E-state index in [1.807, 2.05) is 58.0 Å². The maximum Gasteiger partial charge on any atom is 0.525 e. The summed E-state index contributed by atoms with van der Waals surface area (Å²) in [4.78, 5) is 0. The standard InChI is InChI=1S/C18H25BFNO2/c1-17(2)18(3,4)23-19(22-17)16(20)15(12-21-14-10-11-14)13-8-6-5-7-9-13/h5-9,14,21H,10-12H2,1-4H3. The van der Waals surface area contributed by atoms with Gasteiger partial charge < -0.3 is 14.6 Å². The Labute approximate surface area is 138 Å². The third-order valence-corrected chi connectivity index (χ3v) is 5.02. The minimum Gasteiger partial charge on any atom is -0.398 e. The van der Waals surface area contributed by atoms with Gasteiger partial charge in [-0.2, -0.15) is 0 Å². The molecule has 0 unspecified atom stereocenters. The second-order valence-corrected chi connectivity index (χ2v) is 7.44. The molecule has 2 aliphatic rings. The molecule has 0 radical (unpaired) electrons. The van der Waals surface area contributed by atoms with Crippen molar-refractivity contribution in [2.45, 2.75) is 57.8 Å². The van der Waals surface area contributed by atoms with Crippen molar-refractivity contribution in [2.24, 2.45) is 0 Å². The van der Waals surface area contributed by atoms with Gasteiger partial charge in [-0.3, -0.25) is 0 Å². The molecule has 0 atom stereocenters. The highest BCUT2D eigenvalue weighted by Gasteiger charge is 2.53. The van der Waals surface area contributed by atoms with Crippen LogP contribution in [0.3, 0.4) is 0 Å². The smallest absolute Gasteiger partial charge is 0.398 e. The molecule has 0 spiro atoms. The first-order valence-corrected chi connectivity index (χ1v) is 8.33. The van der Waals surface area contributed by atoms with Gasteiger partial charge in [-0.05, 0) is 46.1 Å². The molecule has 1 N–H and O–H groups in total. The van der Waals surface area contributed by atoms with E-state index in [2.05, 4.69) is 5.32 Å². The molecular formula is C18H25BFNO2. The molecule has 5 heteroatoms. The summed E-state index contributed by atoms with van der Waals surface area (Å²) >= 11 is 0. The fraction of sp³-hybridized carbons (Fsp3) is 0.556. The van der Waals surface area contributed by atoms with Gasteiger partial charge in [-0.15, -0.1) is 0 Å². The Morgan fingerprint density at radius 3 is 2.22 bits per heavy atom. The number of benzene rings is 1. The van der Waals surface area contributed by atoms with Crippen LogP contribution in [0.15, 0.2) is 36.1 Å². The van der Waals surface area contributed by atoms with Gasteiger partial charge in [0.25, 0.3) is 0 Å². The maximum atomic E-state index is 15.2. The second kappa shape index (κ2) is 6.04. The predicted octanol–water partition coefficient (Wildman–Crippen LogP) is 3.75. The van der Waals surface area contributed by atoms with Crippen LogP contribution in [0.2, 0.25) is 0 Å². The molecule has 1 aliphatic carbocycles.